The number of rotatable bonds is 5. The van der Waals surface area contributed by atoms with Crippen molar-refractivity contribution in [2.75, 3.05) is 17.1 Å². The second-order valence-electron chi connectivity index (χ2n) is 4.51. The maximum atomic E-state index is 12.1. The molecular weight excluding hydrogens is 254 g/mol. The SMILES string of the molecule is CN(c1ccccc1C(=O)O)S(=O)(=O)CC1CC1. The van der Waals surface area contributed by atoms with E-state index in [0.717, 1.165) is 17.1 Å². The Balaban J connectivity index is 2.32. The van der Waals surface area contributed by atoms with Crippen molar-refractivity contribution in [3.05, 3.63) is 29.8 Å². The van der Waals surface area contributed by atoms with Crippen molar-refractivity contribution in [1.82, 2.24) is 0 Å². The van der Waals surface area contributed by atoms with Gasteiger partial charge in [-0.25, -0.2) is 13.2 Å². The largest absolute Gasteiger partial charge is 0.478 e. The van der Waals surface area contributed by atoms with Crippen molar-refractivity contribution in [1.29, 1.82) is 0 Å². The lowest BCUT2D eigenvalue weighted by Crippen LogP contribution is -2.31. The molecule has 0 bridgehead atoms. The Bertz CT molecular complexity index is 563. The van der Waals surface area contributed by atoms with Crippen LogP contribution in [-0.2, 0) is 10.0 Å². The number of anilines is 1. The molecule has 1 aromatic carbocycles. The van der Waals surface area contributed by atoms with Gasteiger partial charge in [-0.15, -0.1) is 0 Å². The Morgan fingerprint density at radius 3 is 2.56 bits per heavy atom. The van der Waals surface area contributed by atoms with E-state index >= 15 is 0 Å². The van der Waals surface area contributed by atoms with E-state index in [2.05, 4.69) is 0 Å². The number of para-hydroxylation sites is 1. The van der Waals surface area contributed by atoms with Gasteiger partial charge in [-0.05, 0) is 30.9 Å². The molecule has 6 heteroatoms. The summed E-state index contributed by atoms with van der Waals surface area (Å²) in [4.78, 5) is 11.1. The highest BCUT2D eigenvalue weighted by atomic mass is 32.2. The molecule has 0 radical (unpaired) electrons. The van der Waals surface area contributed by atoms with Crippen molar-refractivity contribution in [2.24, 2.45) is 5.92 Å². The molecule has 1 aromatic rings. The second-order valence-corrected chi connectivity index (χ2v) is 6.56. The van der Waals surface area contributed by atoms with Crippen LogP contribution in [0.4, 0.5) is 5.69 Å². The summed E-state index contributed by atoms with van der Waals surface area (Å²) in [5.74, 6) is -0.800. The fraction of sp³-hybridized carbons (Fsp3) is 0.417. The van der Waals surface area contributed by atoms with E-state index in [0.29, 0.717) is 0 Å². The van der Waals surface area contributed by atoms with Gasteiger partial charge in [0, 0.05) is 7.05 Å². The summed E-state index contributed by atoms with van der Waals surface area (Å²) in [6.45, 7) is 0. The summed E-state index contributed by atoms with van der Waals surface area (Å²) in [5.41, 5.74) is 0.213. The van der Waals surface area contributed by atoms with Gasteiger partial charge in [-0.1, -0.05) is 12.1 Å². The first-order chi connectivity index (χ1) is 8.42. The highest BCUT2D eigenvalue weighted by Crippen LogP contribution is 2.32. The minimum absolute atomic E-state index is 0.000582. The first-order valence-electron chi connectivity index (χ1n) is 5.71. The van der Waals surface area contributed by atoms with E-state index in [1.165, 1.54) is 19.2 Å². The number of hydrogen-bond acceptors (Lipinski definition) is 3. The quantitative estimate of drug-likeness (QED) is 0.880. The summed E-state index contributed by atoms with van der Waals surface area (Å²) in [5, 5.41) is 9.05. The van der Waals surface area contributed by atoms with Gasteiger partial charge >= 0.3 is 5.97 Å². The number of benzene rings is 1. The molecular formula is C12H15NO4S. The smallest absolute Gasteiger partial charge is 0.337 e. The lowest BCUT2D eigenvalue weighted by Gasteiger charge is -2.20. The van der Waals surface area contributed by atoms with E-state index in [1.807, 2.05) is 0 Å². The van der Waals surface area contributed by atoms with Crippen molar-refractivity contribution < 1.29 is 18.3 Å². The summed E-state index contributed by atoms with van der Waals surface area (Å²) >= 11 is 0. The highest BCUT2D eigenvalue weighted by molar-refractivity contribution is 7.92. The molecule has 2 rings (SSSR count). The average Bonchev–Trinajstić information content (AvgIpc) is 3.11. The van der Waals surface area contributed by atoms with E-state index in [4.69, 9.17) is 5.11 Å². The number of carboxylic acids is 1. The molecule has 0 saturated heterocycles. The average molecular weight is 269 g/mol. The van der Waals surface area contributed by atoms with E-state index in [-0.39, 0.29) is 22.9 Å². The van der Waals surface area contributed by atoms with Crippen molar-refractivity contribution in [3.8, 4) is 0 Å². The van der Waals surface area contributed by atoms with E-state index < -0.39 is 16.0 Å². The minimum atomic E-state index is -3.44. The van der Waals surface area contributed by atoms with Crippen LogP contribution >= 0.6 is 0 Å². The Morgan fingerprint density at radius 2 is 2.00 bits per heavy atom. The predicted octanol–water partition coefficient (Wildman–Crippen LogP) is 1.56. The first-order valence-corrected chi connectivity index (χ1v) is 7.31. The summed E-state index contributed by atoms with van der Waals surface area (Å²) in [7, 11) is -2.03. The van der Waals surface area contributed by atoms with Gasteiger partial charge in [-0.2, -0.15) is 0 Å². The molecule has 18 heavy (non-hydrogen) atoms. The number of carbonyl (C=O) groups is 1. The third kappa shape index (κ3) is 2.64. The lowest BCUT2D eigenvalue weighted by molar-refractivity contribution is 0.0698. The van der Waals surface area contributed by atoms with Gasteiger partial charge in [0.2, 0.25) is 10.0 Å². The van der Waals surface area contributed by atoms with Crippen LogP contribution in [0.1, 0.15) is 23.2 Å². The third-order valence-electron chi connectivity index (χ3n) is 3.03. The molecule has 0 amide bonds. The van der Waals surface area contributed by atoms with Crippen LogP contribution in [0.2, 0.25) is 0 Å². The predicted molar refractivity (Wildman–Crippen MR) is 68.3 cm³/mol. The van der Waals surface area contributed by atoms with Crippen LogP contribution in [0.3, 0.4) is 0 Å². The molecule has 5 nitrogen and oxygen atoms in total. The van der Waals surface area contributed by atoms with Gasteiger partial charge in [0.15, 0.2) is 0 Å². The fourth-order valence-corrected chi connectivity index (χ4v) is 3.38. The maximum absolute atomic E-state index is 12.1. The van der Waals surface area contributed by atoms with Crippen molar-refractivity contribution >= 4 is 21.7 Å². The Labute approximate surface area is 106 Å². The Kier molecular flexibility index (Phi) is 3.30. The molecule has 0 spiro atoms. The van der Waals surface area contributed by atoms with Crippen LogP contribution in [-0.4, -0.2) is 32.3 Å². The molecule has 0 heterocycles. The number of hydrogen-bond donors (Lipinski definition) is 1. The molecule has 1 aliphatic rings. The van der Waals surface area contributed by atoms with Gasteiger partial charge < -0.3 is 5.11 Å². The number of sulfonamides is 1. The van der Waals surface area contributed by atoms with Crippen LogP contribution in [0.25, 0.3) is 0 Å². The van der Waals surface area contributed by atoms with Gasteiger partial charge in [0.25, 0.3) is 0 Å². The molecule has 98 valence electrons. The number of aromatic carboxylic acids is 1. The highest BCUT2D eigenvalue weighted by Gasteiger charge is 2.31. The molecule has 0 atom stereocenters. The summed E-state index contributed by atoms with van der Waals surface area (Å²) in [6, 6.07) is 6.12. The number of nitrogens with zero attached hydrogens (tertiary/aromatic N) is 1. The zero-order chi connectivity index (χ0) is 13.3. The third-order valence-corrected chi connectivity index (χ3v) is 4.96. The molecule has 0 aliphatic heterocycles. The first kappa shape index (κ1) is 12.9. The second kappa shape index (κ2) is 4.61. The van der Waals surface area contributed by atoms with Crippen molar-refractivity contribution in [2.45, 2.75) is 12.8 Å². The molecule has 0 unspecified atom stereocenters. The van der Waals surface area contributed by atoms with Crippen LogP contribution < -0.4 is 4.31 Å². The molecule has 1 aliphatic carbocycles. The summed E-state index contributed by atoms with van der Waals surface area (Å²) in [6.07, 6.45) is 1.88. The monoisotopic (exact) mass is 269 g/mol. The zero-order valence-corrected chi connectivity index (χ0v) is 10.9. The van der Waals surface area contributed by atoms with Crippen molar-refractivity contribution in [3.63, 3.8) is 0 Å². The molecule has 1 N–H and O–H groups in total. The summed E-state index contributed by atoms with van der Waals surface area (Å²) < 4.78 is 25.3. The lowest BCUT2D eigenvalue weighted by atomic mass is 10.2. The van der Waals surface area contributed by atoms with E-state index in [9.17, 15) is 13.2 Å². The van der Waals surface area contributed by atoms with Crippen LogP contribution in [0.5, 0.6) is 0 Å². The molecule has 1 fully saturated rings. The normalized spacial score (nSPS) is 15.4. The molecule has 1 saturated carbocycles. The van der Waals surface area contributed by atoms with E-state index in [1.54, 1.807) is 12.1 Å². The topological polar surface area (TPSA) is 74.7 Å². The maximum Gasteiger partial charge on any atom is 0.337 e. The standard InChI is InChI=1S/C12H15NO4S/c1-13(18(16,17)8-9-6-7-9)11-5-3-2-4-10(11)12(14)15/h2-5,9H,6-8H2,1H3,(H,14,15). The van der Waals surface area contributed by atoms with Crippen LogP contribution in [0.15, 0.2) is 24.3 Å². The fourth-order valence-electron chi connectivity index (χ4n) is 1.77. The Hall–Kier alpha value is -1.56. The zero-order valence-electron chi connectivity index (χ0n) is 10.0. The number of carboxylic acid groups (broad SMARTS) is 1. The Morgan fingerprint density at radius 1 is 1.39 bits per heavy atom. The van der Waals surface area contributed by atoms with Gasteiger partial charge in [-0.3, -0.25) is 4.31 Å². The van der Waals surface area contributed by atoms with Crippen LogP contribution in [0, 0.1) is 5.92 Å². The minimum Gasteiger partial charge on any atom is -0.478 e. The van der Waals surface area contributed by atoms with Gasteiger partial charge in [0.1, 0.15) is 0 Å². The van der Waals surface area contributed by atoms with Gasteiger partial charge in [0.05, 0.1) is 17.0 Å². The molecule has 0 aromatic heterocycles.